The minimum Gasteiger partial charge on any atom is -0.0905 e. The molecule has 57 valence electrons. The highest BCUT2D eigenvalue weighted by Gasteiger charge is 1.98. The van der Waals surface area contributed by atoms with Crippen molar-refractivity contribution >= 4 is 0 Å². The van der Waals surface area contributed by atoms with Crippen LogP contribution >= 0.6 is 0 Å². The van der Waals surface area contributed by atoms with E-state index in [1.54, 1.807) is 0 Å². The predicted octanol–water partition coefficient (Wildman–Crippen LogP) is 2.89. The molecule has 0 nitrogen and oxygen atoms in total. The van der Waals surface area contributed by atoms with Crippen molar-refractivity contribution in [2.75, 3.05) is 0 Å². The van der Waals surface area contributed by atoms with Crippen LogP contribution in [0.5, 0.6) is 0 Å². The second kappa shape index (κ2) is 3.38. The highest BCUT2D eigenvalue weighted by molar-refractivity contribution is 5.37. The third-order valence-corrected chi connectivity index (χ3v) is 1.95. The van der Waals surface area contributed by atoms with Gasteiger partial charge in [0.25, 0.3) is 0 Å². The van der Waals surface area contributed by atoms with Crippen LogP contribution in [0.3, 0.4) is 0 Å². The van der Waals surface area contributed by atoms with Gasteiger partial charge in [-0.05, 0) is 36.1 Å². The van der Waals surface area contributed by atoms with Crippen molar-refractivity contribution in [1.29, 1.82) is 0 Å². The van der Waals surface area contributed by atoms with Gasteiger partial charge < -0.3 is 0 Å². The Labute approximate surface area is 68.6 Å². The smallest absolute Gasteiger partial charge is 0.0149 e. The molecule has 11 heavy (non-hydrogen) atoms. The fourth-order valence-electron chi connectivity index (χ4n) is 1.34. The quantitative estimate of drug-likeness (QED) is 0.600. The van der Waals surface area contributed by atoms with Crippen molar-refractivity contribution in [2.24, 2.45) is 0 Å². The summed E-state index contributed by atoms with van der Waals surface area (Å²) in [5, 5.41) is 0. The van der Waals surface area contributed by atoms with Gasteiger partial charge in [-0.15, -0.1) is 0 Å². The molecule has 0 spiro atoms. The van der Waals surface area contributed by atoms with Crippen LogP contribution in [-0.4, -0.2) is 0 Å². The van der Waals surface area contributed by atoms with Crippen molar-refractivity contribution in [3.05, 3.63) is 47.5 Å². The third-order valence-electron chi connectivity index (χ3n) is 1.95. The molecule has 0 heterocycles. The van der Waals surface area contributed by atoms with Gasteiger partial charge in [-0.2, -0.15) is 0 Å². The Balaban J connectivity index is 3.23. The van der Waals surface area contributed by atoms with E-state index in [9.17, 15) is 0 Å². The fourth-order valence-corrected chi connectivity index (χ4v) is 1.34. The van der Waals surface area contributed by atoms with Gasteiger partial charge in [-0.3, -0.25) is 0 Å². The standard InChI is InChI=1S/C11H13/c1-4-10-8-6-7-9(3)11(10)5-2/h6-8H,1,5H2,2-3H3. The molecule has 1 aromatic rings. The van der Waals surface area contributed by atoms with E-state index >= 15 is 0 Å². The topological polar surface area (TPSA) is 0 Å². The fraction of sp³-hybridized carbons (Fsp3) is 0.273. The first-order valence-electron chi connectivity index (χ1n) is 3.91. The third kappa shape index (κ3) is 1.51. The zero-order chi connectivity index (χ0) is 8.27. The molecule has 1 radical (unpaired) electrons. The van der Waals surface area contributed by atoms with Crippen LogP contribution in [0.4, 0.5) is 0 Å². The molecule has 0 fully saturated rings. The van der Waals surface area contributed by atoms with Crippen LogP contribution in [0.2, 0.25) is 0 Å². The van der Waals surface area contributed by atoms with Crippen molar-refractivity contribution < 1.29 is 0 Å². The average molecular weight is 145 g/mol. The first-order valence-corrected chi connectivity index (χ1v) is 3.91. The molecule has 1 aromatic carbocycles. The van der Waals surface area contributed by atoms with Crippen molar-refractivity contribution in [2.45, 2.75) is 20.3 Å². The van der Waals surface area contributed by atoms with Gasteiger partial charge in [0.15, 0.2) is 0 Å². The second-order valence-electron chi connectivity index (χ2n) is 2.63. The van der Waals surface area contributed by atoms with Crippen LogP contribution in [0, 0.1) is 13.0 Å². The molecule has 0 bridgehead atoms. The average Bonchev–Trinajstić information content (AvgIpc) is 2.04. The summed E-state index contributed by atoms with van der Waals surface area (Å²) in [5.74, 6) is 0. The number of benzene rings is 1. The summed E-state index contributed by atoms with van der Waals surface area (Å²) < 4.78 is 0. The monoisotopic (exact) mass is 145 g/mol. The van der Waals surface area contributed by atoms with Crippen molar-refractivity contribution in [3.63, 3.8) is 0 Å². The van der Waals surface area contributed by atoms with Gasteiger partial charge in [-0.1, -0.05) is 31.7 Å². The predicted molar refractivity (Wildman–Crippen MR) is 48.5 cm³/mol. The zero-order valence-electron chi connectivity index (χ0n) is 7.15. The van der Waals surface area contributed by atoms with Gasteiger partial charge in [0.05, 0.1) is 0 Å². The second-order valence-corrected chi connectivity index (χ2v) is 2.63. The highest BCUT2D eigenvalue weighted by Crippen LogP contribution is 2.14. The molecule has 0 N–H and O–H groups in total. The summed E-state index contributed by atoms with van der Waals surface area (Å²) in [4.78, 5) is 0. The summed E-state index contributed by atoms with van der Waals surface area (Å²) in [6.07, 6.45) is 4.00. The van der Waals surface area contributed by atoms with Crippen molar-refractivity contribution in [1.82, 2.24) is 0 Å². The lowest BCUT2D eigenvalue weighted by molar-refractivity contribution is 1.09. The van der Waals surface area contributed by atoms with Gasteiger partial charge in [0.1, 0.15) is 0 Å². The van der Waals surface area contributed by atoms with E-state index in [0.717, 1.165) is 12.0 Å². The molecule has 0 unspecified atom stereocenters. The minimum absolute atomic E-state index is 1.06. The van der Waals surface area contributed by atoms with E-state index in [4.69, 9.17) is 0 Å². The lowest BCUT2D eigenvalue weighted by atomic mass is 10.00. The van der Waals surface area contributed by atoms with E-state index < -0.39 is 0 Å². The Hall–Kier alpha value is -1.04. The largest absolute Gasteiger partial charge is 0.0905 e. The van der Waals surface area contributed by atoms with Crippen LogP contribution in [-0.2, 0) is 6.42 Å². The molecule has 1 rings (SSSR count). The van der Waals surface area contributed by atoms with Crippen molar-refractivity contribution in [3.8, 4) is 0 Å². The number of hydrogen-bond acceptors (Lipinski definition) is 0. The maximum atomic E-state index is 3.66. The Morgan fingerprint density at radius 2 is 2.18 bits per heavy atom. The zero-order valence-corrected chi connectivity index (χ0v) is 7.15. The Morgan fingerprint density at radius 1 is 1.45 bits per heavy atom. The molecule has 0 saturated carbocycles. The van der Waals surface area contributed by atoms with Crippen LogP contribution in [0.25, 0.3) is 0 Å². The SMILES string of the molecule is C=[C]c1cccc(C)c1CC. The lowest BCUT2D eigenvalue weighted by Crippen LogP contribution is -1.90. The Kier molecular flexibility index (Phi) is 2.48. The highest BCUT2D eigenvalue weighted by atomic mass is 14.0. The van der Waals surface area contributed by atoms with Crippen LogP contribution in [0.15, 0.2) is 24.8 Å². The normalized spacial score (nSPS) is 9.64. The van der Waals surface area contributed by atoms with E-state index in [2.05, 4.69) is 38.6 Å². The van der Waals surface area contributed by atoms with Gasteiger partial charge in [0, 0.05) is 0 Å². The Bertz CT molecular complexity index is 259. The van der Waals surface area contributed by atoms with Crippen LogP contribution < -0.4 is 0 Å². The summed E-state index contributed by atoms with van der Waals surface area (Å²) >= 11 is 0. The molecular weight excluding hydrogens is 132 g/mol. The summed E-state index contributed by atoms with van der Waals surface area (Å²) in [7, 11) is 0. The van der Waals surface area contributed by atoms with E-state index in [1.165, 1.54) is 11.1 Å². The summed E-state index contributed by atoms with van der Waals surface area (Å²) in [6, 6.07) is 6.22. The van der Waals surface area contributed by atoms with E-state index in [-0.39, 0.29) is 0 Å². The molecule has 0 aliphatic heterocycles. The summed E-state index contributed by atoms with van der Waals surface area (Å²) in [6.45, 7) is 7.94. The lowest BCUT2D eigenvalue weighted by Gasteiger charge is -2.05. The molecule has 0 heteroatoms. The van der Waals surface area contributed by atoms with Gasteiger partial charge in [-0.25, -0.2) is 0 Å². The van der Waals surface area contributed by atoms with Gasteiger partial charge in [0.2, 0.25) is 0 Å². The number of hydrogen-bond donors (Lipinski definition) is 0. The molecule has 0 aliphatic carbocycles. The van der Waals surface area contributed by atoms with Gasteiger partial charge >= 0.3 is 0 Å². The Morgan fingerprint density at radius 3 is 2.64 bits per heavy atom. The molecule has 0 aliphatic rings. The maximum Gasteiger partial charge on any atom is -0.0149 e. The summed E-state index contributed by atoms with van der Waals surface area (Å²) in [5.41, 5.74) is 3.84. The van der Waals surface area contributed by atoms with E-state index in [1.807, 2.05) is 6.07 Å². The number of aryl methyl sites for hydroxylation is 1. The molecule has 0 aromatic heterocycles. The molecule has 0 atom stereocenters. The first kappa shape index (κ1) is 8.06. The van der Waals surface area contributed by atoms with E-state index in [0.29, 0.717) is 0 Å². The molecule has 0 amide bonds. The maximum absolute atomic E-state index is 3.66. The number of rotatable bonds is 2. The van der Waals surface area contributed by atoms with Crippen LogP contribution in [0.1, 0.15) is 23.6 Å². The minimum atomic E-state index is 1.06. The molecular formula is C11H13. The first-order chi connectivity index (χ1) is 5.29. The molecule has 0 saturated heterocycles.